The van der Waals surface area contributed by atoms with E-state index >= 15 is 0 Å². The molecule has 0 atom stereocenters. The molecule has 18 heavy (non-hydrogen) atoms. The summed E-state index contributed by atoms with van der Waals surface area (Å²) in [6, 6.07) is 14.6. The monoisotopic (exact) mass is 243 g/mol. The van der Waals surface area contributed by atoms with Crippen LogP contribution in [-0.2, 0) is 19.6 Å². The first kappa shape index (κ1) is 12.9. The van der Waals surface area contributed by atoms with E-state index in [1.54, 1.807) is 0 Å². The summed E-state index contributed by atoms with van der Waals surface area (Å²) in [5.41, 5.74) is 3.61. The van der Waals surface area contributed by atoms with Gasteiger partial charge in [0.1, 0.15) is 0 Å². The molecular formula is C16H21NO. The molecule has 0 aliphatic heterocycles. The van der Waals surface area contributed by atoms with Gasteiger partial charge in [-0.15, -0.1) is 0 Å². The molecule has 1 N–H and O–H groups in total. The van der Waals surface area contributed by atoms with E-state index in [-0.39, 0.29) is 6.61 Å². The average molecular weight is 243 g/mol. The van der Waals surface area contributed by atoms with E-state index in [0.29, 0.717) is 0 Å². The zero-order chi connectivity index (χ0) is 12.8. The first-order valence-electron chi connectivity index (χ1n) is 6.67. The summed E-state index contributed by atoms with van der Waals surface area (Å²) in [6.07, 6.45) is 3.48. The fourth-order valence-corrected chi connectivity index (χ4v) is 2.24. The van der Waals surface area contributed by atoms with Crippen molar-refractivity contribution >= 4 is 0 Å². The van der Waals surface area contributed by atoms with E-state index < -0.39 is 0 Å². The number of hydrogen-bond acceptors (Lipinski definition) is 1. The van der Waals surface area contributed by atoms with Crippen molar-refractivity contribution in [1.29, 1.82) is 0 Å². The number of aromatic nitrogens is 1. The maximum Gasteiger partial charge on any atom is 0.0833 e. The molecule has 2 rings (SSSR count). The van der Waals surface area contributed by atoms with Gasteiger partial charge in [0, 0.05) is 17.9 Å². The van der Waals surface area contributed by atoms with Gasteiger partial charge in [0.15, 0.2) is 0 Å². The summed E-state index contributed by atoms with van der Waals surface area (Å²) >= 11 is 0. The van der Waals surface area contributed by atoms with Crippen molar-refractivity contribution in [3.63, 3.8) is 0 Å². The minimum Gasteiger partial charge on any atom is -0.390 e. The lowest BCUT2D eigenvalue weighted by Crippen LogP contribution is -2.08. The van der Waals surface area contributed by atoms with Crippen LogP contribution in [0.2, 0.25) is 0 Å². The van der Waals surface area contributed by atoms with E-state index in [1.807, 2.05) is 12.1 Å². The number of nitrogens with zero attached hydrogens (tertiary/aromatic N) is 1. The summed E-state index contributed by atoms with van der Waals surface area (Å²) in [5, 5.41) is 9.41. The standard InChI is InChI=1S/C16H21NO/c1-2-3-9-15-10-11-16(13-18)17(15)12-14-7-5-4-6-8-14/h4-8,10-11,18H,2-3,9,12-13H2,1H3. The lowest BCUT2D eigenvalue weighted by Gasteiger charge is -2.12. The lowest BCUT2D eigenvalue weighted by molar-refractivity contribution is 0.271. The maximum absolute atomic E-state index is 9.41. The van der Waals surface area contributed by atoms with Crippen LogP contribution in [0.1, 0.15) is 36.7 Å². The second kappa shape index (κ2) is 6.41. The minimum absolute atomic E-state index is 0.110. The molecule has 0 bridgehead atoms. The summed E-state index contributed by atoms with van der Waals surface area (Å²) in [5.74, 6) is 0. The van der Waals surface area contributed by atoms with E-state index in [4.69, 9.17) is 0 Å². The van der Waals surface area contributed by atoms with E-state index in [9.17, 15) is 5.11 Å². The highest BCUT2D eigenvalue weighted by atomic mass is 16.3. The summed E-state index contributed by atoms with van der Waals surface area (Å²) in [4.78, 5) is 0. The van der Waals surface area contributed by atoms with Crippen molar-refractivity contribution in [2.24, 2.45) is 0 Å². The Morgan fingerprint density at radius 3 is 2.39 bits per heavy atom. The van der Waals surface area contributed by atoms with Gasteiger partial charge in [-0.1, -0.05) is 43.7 Å². The van der Waals surface area contributed by atoms with Crippen LogP contribution in [0.3, 0.4) is 0 Å². The Hall–Kier alpha value is -1.54. The fraction of sp³-hybridized carbons (Fsp3) is 0.375. The smallest absolute Gasteiger partial charge is 0.0833 e. The summed E-state index contributed by atoms with van der Waals surface area (Å²) < 4.78 is 2.24. The molecule has 0 amide bonds. The van der Waals surface area contributed by atoms with Crippen LogP contribution in [0.4, 0.5) is 0 Å². The Labute approximate surface area is 109 Å². The van der Waals surface area contributed by atoms with Crippen LogP contribution >= 0.6 is 0 Å². The Balaban J connectivity index is 2.21. The largest absolute Gasteiger partial charge is 0.390 e. The van der Waals surface area contributed by atoms with Crippen LogP contribution in [0.5, 0.6) is 0 Å². The Bertz CT molecular complexity index is 473. The highest BCUT2D eigenvalue weighted by Gasteiger charge is 2.07. The van der Waals surface area contributed by atoms with Gasteiger partial charge < -0.3 is 9.67 Å². The van der Waals surface area contributed by atoms with Crippen LogP contribution in [0, 0.1) is 0 Å². The van der Waals surface area contributed by atoms with Crippen LogP contribution in [0.15, 0.2) is 42.5 Å². The first-order chi connectivity index (χ1) is 8.85. The van der Waals surface area contributed by atoms with Crippen molar-refractivity contribution < 1.29 is 5.11 Å². The molecule has 0 fully saturated rings. The molecule has 0 saturated heterocycles. The molecule has 2 nitrogen and oxygen atoms in total. The van der Waals surface area contributed by atoms with Gasteiger partial charge >= 0.3 is 0 Å². The molecule has 2 heteroatoms. The van der Waals surface area contributed by atoms with Gasteiger partial charge in [0.05, 0.1) is 6.61 Å². The highest BCUT2D eigenvalue weighted by molar-refractivity contribution is 5.21. The molecule has 1 heterocycles. The molecule has 0 radical (unpaired) electrons. The van der Waals surface area contributed by atoms with Crippen LogP contribution < -0.4 is 0 Å². The molecule has 1 aromatic carbocycles. The molecule has 1 aromatic heterocycles. The van der Waals surface area contributed by atoms with Gasteiger partial charge in [0.2, 0.25) is 0 Å². The molecule has 0 aliphatic carbocycles. The fourth-order valence-electron chi connectivity index (χ4n) is 2.24. The van der Waals surface area contributed by atoms with Crippen molar-refractivity contribution in [3.8, 4) is 0 Å². The second-order valence-corrected chi connectivity index (χ2v) is 4.65. The SMILES string of the molecule is CCCCc1ccc(CO)n1Cc1ccccc1. The molecule has 2 aromatic rings. The third kappa shape index (κ3) is 3.02. The second-order valence-electron chi connectivity index (χ2n) is 4.65. The predicted molar refractivity (Wildman–Crippen MR) is 74.5 cm³/mol. The topological polar surface area (TPSA) is 25.2 Å². The number of aryl methyl sites for hydroxylation is 1. The van der Waals surface area contributed by atoms with Crippen LogP contribution in [0.25, 0.3) is 0 Å². The zero-order valence-corrected chi connectivity index (χ0v) is 11.0. The van der Waals surface area contributed by atoms with Gasteiger partial charge in [0.25, 0.3) is 0 Å². The molecule has 0 aliphatic rings. The summed E-state index contributed by atoms with van der Waals surface area (Å²) in [7, 11) is 0. The number of rotatable bonds is 6. The van der Waals surface area contributed by atoms with Crippen LogP contribution in [-0.4, -0.2) is 9.67 Å². The van der Waals surface area contributed by atoms with Crippen molar-refractivity contribution in [2.75, 3.05) is 0 Å². The maximum atomic E-state index is 9.41. The third-order valence-corrected chi connectivity index (χ3v) is 3.29. The zero-order valence-electron chi connectivity index (χ0n) is 11.0. The van der Waals surface area contributed by atoms with Gasteiger partial charge in [-0.05, 0) is 30.5 Å². The Morgan fingerprint density at radius 1 is 1.00 bits per heavy atom. The highest BCUT2D eigenvalue weighted by Crippen LogP contribution is 2.15. The van der Waals surface area contributed by atoms with E-state index in [2.05, 4.69) is 41.8 Å². The molecule has 96 valence electrons. The Kier molecular flexibility index (Phi) is 4.59. The lowest BCUT2D eigenvalue weighted by atomic mass is 10.2. The molecule has 0 saturated carbocycles. The van der Waals surface area contributed by atoms with E-state index in [0.717, 1.165) is 18.7 Å². The van der Waals surface area contributed by atoms with Crippen molar-refractivity contribution in [3.05, 3.63) is 59.4 Å². The number of aliphatic hydroxyl groups excluding tert-OH is 1. The molecule has 0 unspecified atom stereocenters. The number of unbranched alkanes of at least 4 members (excludes halogenated alkanes) is 1. The van der Waals surface area contributed by atoms with Crippen molar-refractivity contribution in [2.45, 2.75) is 39.3 Å². The van der Waals surface area contributed by atoms with E-state index in [1.165, 1.54) is 24.1 Å². The third-order valence-electron chi connectivity index (χ3n) is 3.29. The van der Waals surface area contributed by atoms with Gasteiger partial charge in [-0.2, -0.15) is 0 Å². The van der Waals surface area contributed by atoms with Gasteiger partial charge in [-0.25, -0.2) is 0 Å². The minimum atomic E-state index is 0.110. The average Bonchev–Trinajstić information content (AvgIpc) is 2.80. The normalized spacial score (nSPS) is 10.8. The number of aliphatic hydroxyl groups is 1. The number of benzene rings is 1. The predicted octanol–water partition coefficient (Wildman–Crippen LogP) is 3.37. The molecular weight excluding hydrogens is 222 g/mol. The quantitative estimate of drug-likeness (QED) is 0.826. The number of hydrogen-bond donors (Lipinski definition) is 1. The van der Waals surface area contributed by atoms with Crippen molar-refractivity contribution in [1.82, 2.24) is 4.57 Å². The first-order valence-corrected chi connectivity index (χ1v) is 6.67. The summed E-state index contributed by atoms with van der Waals surface area (Å²) in [6.45, 7) is 3.17. The Morgan fingerprint density at radius 2 is 1.72 bits per heavy atom. The van der Waals surface area contributed by atoms with Gasteiger partial charge in [-0.3, -0.25) is 0 Å². The molecule has 0 spiro atoms.